The summed E-state index contributed by atoms with van der Waals surface area (Å²) in [5.74, 6) is -1.49. The van der Waals surface area contributed by atoms with Gasteiger partial charge in [0.25, 0.3) is 0 Å². The van der Waals surface area contributed by atoms with Gasteiger partial charge in [0.1, 0.15) is 0 Å². The van der Waals surface area contributed by atoms with Crippen LogP contribution in [0.15, 0.2) is 18.2 Å². The molecule has 9 heteroatoms. The minimum absolute atomic E-state index is 0.00453. The summed E-state index contributed by atoms with van der Waals surface area (Å²) in [5.41, 5.74) is 5.32. The molecule has 0 heterocycles. The number of carbonyl (C=O) groups is 2. The fraction of sp³-hybridized carbons (Fsp3) is 0.333. The van der Waals surface area contributed by atoms with Crippen LogP contribution in [0.4, 0.5) is 5.69 Å². The Balaban J connectivity index is 2.73. The van der Waals surface area contributed by atoms with Crippen LogP contribution in [0, 0.1) is 0 Å². The van der Waals surface area contributed by atoms with Crippen LogP contribution in [0.3, 0.4) is 0 Å². The van der Waals surface area contributed by atoms with E-state index in [-0.39, 0.29) is 34.9 Å². The molecular weight excluding hydrogens is 320 g/mol. The summed E-state index contributed by atoms with van der Waals surface area (Å²) >= 11 is 5.77. The molecule has 1 rings (SSSR count). The molecule has 1 amide bonds. The van der Waals surface area contributed by atoms with Crippen molar-refractivity contribution in [2.75, 3.05) is 17.6 Å². The Kier molecular flexibility index (Phi) is 5.98. The van der Waals surface area contributed by atoms with E-state index >= 15 is 0 Å². The molecule has 1 aromatic rings. The maximum atomic E-state index is 11.8. The monoisotopic (exact) mass is 334 g/mol. The number of halogens is 1. The molecule has 0 atom stereocenters. The number of methoxy groups -OCH3 is 1. The van der Waals surface area contributed by atoms with Gasteiger partial charge in [-0.2, -0.15) is 0 Å². The summed E-state index contributed by atoms with van der Waals surface area (Å²) < 4.78 is 30.4. The molecule has 1 aromatic carbocycles. The summed E-state index contributed by atoms with van der Waals surface area (Å²) in [7, 11) is -2.42. The first-order chi connectivity index (χ1) is 9.75. The lowest BCUT2D eigenvalue weighted by molar-refractivity contribution is -0.140. The molecule has 0 bridgehead atoms. The molecule has 0 spiro atoms. The zero-order chi connectivity index (χ0) is 16.0. The minimum Gasteiger partial charge on any atom is -0.469 e. The Morgan fingerprint density at radius 3 is 2.62 bits per heavy atom. The Hall–Kier alpha value is -1.80. The molecule has 3 N–H and O–H groups in total. The Morgan fingerprint density at radius 1 is 1.38 bits per heavy atom. The minimum atomic E-state index is -3.65. The van der Waals surface area contributed by atoms with Gasteiger partial charge < -0.3 is 10.5 Å². The maximum Gasteiger partial charge on any atom is 0.305 e. The second-order valence-electron chi connectivity index (χ2n) is 4.16. The number of amides is 1. The third-order valence-corrected chi connectivity index (χ3v) is 4.23. The zero-order valence-corrected chi connectivity index (χ0v) is 12.8. The summed E-state index contributed by atoms with van der Waals surface area (Å²) in [6.07, 6.45) is 0.128. The predicted molar refractivity (Wildman–Crippen MR) is 78.6 cm³/mol. The van der Waals surface area contributed by atoms with Crippen LogP contribution < -0.4 is 10.5 Å². The number of rotatable bonds is 7. The molecule has 0 aliphatic rings. The van der Waals surface area contributed by atoms with Crippen LogP contribution in [0.2, 0.25) is 5.02 Å². The molecule has 0 aromatic heterocycles. The van der Waals surface area contributed by atoms with E-state index in [1.165, 1.54) is 25.3 Å². The lowest BCUT2D eigenvalue weighted by Crippen LogP contribution is -2.18. The van der Waals surface area contributed by atoms with Crippen LogP contribution in [-0.2, 0) is 19.6 Å². The molecule has 0 saturated carbocycles. The standard InChI is InChI=1S/C12H15ClN2O5S/c1-20-11(16)3-2-6-21(18,19)15-8-4-5-10(13)9(7-8)12(14)17/h4-5,7,15H,2-3,6H2,1H3,(H2,14,17). The van der Waals surface area contributed by atoms with Crippen molar-refractivity contribution in [3.05, 3.63) is 28.8 Å². The molecular formula is C12H15ClN2O5S. The first kappa shape index (κ1) is 17.3. The largest absolute Gasteiger partial charge is 0.469 e. The topological polar surface area (TPSA) is 116 Å². The number of ether oxygens (including phenoxy) is 1. The molecule has 21 heavy (non-hydrogen) atoms. The predicted octanol–water partition coefficient (Wildman–Crippen LogP) is 1.13. The van der Waals surface area contributed by atoms with Gasteiger partial charge in [0.15, 0.2) is 0 Å². The van der Waals surface area contributed by atoms with Crippen LogP contribution >= 0.6 is 11.6 Å². The number of esters is 1. The van der Waals surface area contributed by atoms with E-state index in [0.29, 0.717) is 0 Å². The summed E-state index contributed by atoms with van der Waals surface area (Å²) in [6, 6.07) is 4.03. The van der Waals surface area contributed by atoms with Gasteiger partial charge in [0.2, 0.25) is 15.9 Å². The van der Waals surface area contributed by atoms with Gasteiger partial charge in [0.05, 0.1) is 23.4 Å². The van der Waals surface area contributed by atoms with Crippen molar-refractivity contribution in [1.82, 2.24) is 0 Å². The van der Waals surface area contributed by atoms with Gasteiger partial charge in [-0.25, -0.2) is 8.42 Å². The highest BCUT2D eigenvalue weighted by molar-refractivity contribution is 7.92. The molecule has 0 fully saturated rings. The molecule has 0 radical (unpaired) electrons. The number of anilines is 1. The van der Waals surface area contributed by atoms with E-state index in [1.807, 2.05) is 0 Å². The number of carbonyl (C=O) groups excluding carboxylic acids is 2. The fourth-order valence-corrected chi connectivity index (χ4v) is 2.84. The highest BCUT2D eigenvalue weighted by Crippen LogP contribution is 2.21. The van der Waals surface area contributed by atoms with Crippen molar-refractivity contribution in [1.29, 1.82) is 0 Å². The van der Waals surface area contributed by atoms with E-state index in [0.717, 1.165) is 0 Å². The van der Waals surface area contributed by atoms with Gasteiger partial charge in [-0.3, -0.25) is 14.3 Å². The Morgan fingerprint density at radius 2 is 2.05 bits per heavy atom. The number of hydrogen-bond acceptors (Lipinski definition) is 5. The SMILES string of the molecule is COC(=O)CCCS(=O)(=O)Nc1ccc(Cl)c(C(N)=O)c1. The number of nitrogens with two attached hydrogens (primary N) is 1. The summed E-state index contributed by atoms with van der Waals surface area (Å²) in [4.78, 5) is 22.0. The number of sulfonamides is 1. The molecule has 0 aliphatic carbocycles. The fourth-order valence-electron chi connectivity index (χ4n) is 1.52. The number of nitrogens with one attached hydrogen (secondary N) is 1. The molecule has 7 nitrogen and oxygen atoms in total. The lowest BCUT2D eigenvalue weighted by Gasteiger charge is -2.09. The van der Waals surface area contributed by atoms with Gasteiger partial charge >= 0.3 is 5.97 Å². The lowest BCUT2D eigenvalue weighted by atomic mass is 10.2. The maximum absolute atomic E-state index is 11.8. The smallest absolute Gasteiger partial charge is 0.305 e. The Bertz CT molecular complexity index is 645. The second-order valence-corrected chi connectivity index (χ2v) is 6.41. The van der Waals surface area contributed by atoms with Crippen molar-refractivity contribution in [3.8, 4) is 0 Å². The third kappa shape index (κ3) is 5.60. The first-order valence-corrected chi connectivity index (χ1v) is 7.95. The first-order valence-electron chi connectivity index (χ1n) is 5.92. The van der Waals surface area contributed by atoms with Crippen molar-refractivity contribution < 1.29 is 22.7 Å². The van der Waals surface area contributed by atoms with Gasteiger partial charge in [0, 0.05) is 12.1 Å². The molecule has 0 saturated heterocycles. The van der Waals surface area contributed by atoms with E-state index in [2.05, 4.69) is 9.46 Å². The van der Waals surface area contributed by atoms with E-state index in [9.17, 15) is 18.0 Å². The van der Waals surface area contributed by atoms with Crippen molar-refractivity contribution in [3.63, 3.8) is 0 Å². The average Bonchev–Trinajstić information content (AvgIpc) is 2.39. The van der Waals surface area contributed by atoms with Gasteiger partial charge in [-0.15, -0.1) is 0 Å². The average molecular weight is 335 g/mol. The summed E-state index contributed by atoms with van der Waals surface area (Å²) in [5, 5.41) is 0.135. The molecule has 116 valence electrons. The van der Waals surface area contributed by atoms with Crippen molar-refractivity contribution >= 4 is 39.2 Å². The number of primary amides is 1. The molecule has 0 aliphatic heterocycles. The van der Waals surface area contributed by atoms with Crippen LogP contribution in [-0.4, -0.2) is 33.2 Å². The van der Waals surface area contributed by atoms with Crippen LogP contribution in [0.1, 0.15) is 23.2 Å². The normalized spacial score (nSPS) is 11.0. The zero-order valence-electron chi connectivity index (χ0n) is 11.3. The quantitative estimate of drug-likeness (QED) is 0.725. The highest BCUT2D eigenvalue weighted by Gasteiger charge is 2.14. The van der Waals surface area contributed by atoms with E-state index in [4.69, 9.17) is 17.3 Å². The number of benzene rings is 1. The van der Waals surface area contributed by atoms with Gasteiger partial charge in [-0.05, 0) is 24.6 Å². The third-order valence-electron chi connectivity index (χ3n) is 2.53. The van der Waals surface area contributed by atoms with Crippen molar-refractivity contribution in [2.24, 2.45) is 5.73 Å². The summed E-state index contributed by atoms with van der Waals surface area (Å²) in [6.45, 7) is 0. The van der Waals surface area contributed by atoms with Crippen LogP contribution in [0.5, 0.6) is 0 Å². The van der Waals surface area contributed by atoms with Gasteiger partial charge in [-0.1, -0.05) is 11.6 Å². The number of hydrogen-bond donors (Lipinski definition) is 2. The van der Waals surface area contributed by atoms with E-state index in [1.54, 1.807) is 0 Å². The van der Waals surface area contributed by atoms with E-state index < -0.39 is 21.9 Å². The highest BCUT2D eigenvalue weighted by atomic mass is 35.5. The van der Waals surface area contributed by atoms with Crippen molar-refractivity contribution in [2.45, 2.75) is 12.8 Å². The van der Waals surface area contributed by atoms with Crippen LogP contribution in [0.25, 0.3) is 0 Å². The molecule has 0 unspecified atom stereocenters. The Labute approximate surface area is 127 Å². The second kappa shape index (κ2) is 7.28.